The lowest BCUT2D eigenvalue weighted by molar-refractivity contribution is -0.136. The number of H-pyrrole nitrogens is 1. The van der Waals surface area contributed by atoms with Crippen molar-refractivity contribution < 1.29 is 24.2 Å². The molecule has 0 bridgehead atoms. The number of carboxylic acids is 1. The molecule has 1 aliphatic heterocycles. The summed E-state index contributed by atoms with van der Waals surface area (Å²) in [6.07, 6.45) is 0.201. The number of nitrogens with zero attached hydrogens (tertiary/aromatic N) is 2. The Hall–Kier alpha value is -4.92. The Balaban J connectivity index is 1.50. The second-order valence-electron chi connectivity index (χ2n) is 8.21. The predicted molar refractivity (Wildman–Crippen MR) is 136 cm³/mol. The fourth-order valence-electron chi connectivity index (χ4n) is 4.23. The highest BCUT2D eigenvalue weighted by atomic mass is 16.5. The monoisotopic (exact) mass is 482 g/mol. The van der Waals surface area contributed by atoms with E-state index in [0.717, 1.165) is 26.9 Å². The van der Waals surface area contributed by atoms with Crippen LogP contribution in [0.15, 0.2) is 77.8 Å². The van der Waals surface area contributed by atoms with E-state index in [-0.39, 0.29) is 5.69 Å². The molecule has 1 aromatic heterocycles. The smallest absolute Gasteiger partial charge is 0.323 e. The van der Waals surface area contributed by atoms with Crippen LogP contribution in [0.4, 0.5) is 5.69 Å². The van der Waals surface area contributed by atoms with Gasteiger partial charge in [-0.1, -0.05) is 42.5 Å². The molecule has 0 saturated heterocycles. The number of rotatable bonds is 6. The van der Waals surface area contributed by atoms with Gasteiger partial charge in [-0.3, -0.25) is 24.3 Å². The summed E-state index contributed by atoms with van der Waals surface area (Å²) in [5.41, 5.74) is 3.63. The van der Waals surface area contributed by atoms with Crippen molar-refractivity contribution >= 4 is 40.6 Å². The molecule has 3 aromatic carbocycles. The molecule has 5 rings (SSSR count). The number of fused-ring (bicyclic) bond motifs is 2. The van der Waals surface area contributed by atoms with Gasteiger partial charge in [-0.15, -0.1) is 0 Å². The van der Waals surface area contributed by atoms with Gasteiger partial charge in [-0.2, -0.15) is 0 Å². The van der Waals surface area contributed by atoms with Crippen molar-refractivity contribution in [1.29, 1.82) is 0 Å². The molecule has 180 valence electrons. The summed E-state index contributed by atoms with van der Waals surface area (Å²) in [5.74, 6) is -1.74. The van der Waals surface area contributed by atoms with Gasteiger partial charge in [0.05, 0.1) is 12.8 Å². The van der Waals surface area contributed by atoms with E-state index in [0.29, 0.717) is 17.0 Å². The topological polar surface area (TPSA) is 124 Å². The molecule has 0 fully saturated rings. The molecule has 0 radical (unpaired) electrons. The van der Waals surface area contributed by atoms with Crippen LogP contribution in [0.1, 0.15) is 16.1 Å². The Morgan fingerprint density at radius 3 is 2.64 bits per heavy atom. The normalized spacial score (nSPS) is 14.9. The fourth-order valence-corrected chi connectivity index (χ4v) is 4.23. The number of aliphatic carboxylic acids is 1. The Morgan fingerprint density at radius 1 is 1.08 bits per heavy atom. The van der Waals surface area contributed by atoms with Crippen molar-refractivity contribution in [3.8, 4) is 16.9 Å². The van der Waals surface area contributed by atoms with Crippen molar-refractivity contribution in [2.45, 2.75) is 6.17 Å². The predicted octanol–water partition coefficient (Wildman–Crippen LogP) is 3.45. The number of aliphatic imine (C=N–C) groups is 1. The van der Waals surface area contributed by atoms with E-state index < -0.39 is 30.5 Å². The average molecular weight is 482 g/mol. The molecule has 0 saturated carbocycles. The molecule has 4 aromatic rings. The van der Waals surface area contributed by atoms with Crippen LogP contribution in [0.3, 0.4) is 0 Å². The molecule has 9 heteroatoms. The first-order valence-corrected chi connectivity index (χ1v) is 11.2. The zero-order valence-electron chi connectivity index (χ0n) is 19.3. The van der Waals surface area contributed by atoms with E-state index in [4.69, 9.17) is 4.74 Å². The Kier molecular flexibility index (Phi) is 5.95. The maximum Gasteiger partial charge on any atom is 0.323 e. The van der Waals surface area contributed by atoms with Gasteiger partial charge in [0.15, 0.2) is 0 Å². The molecule has 9 nitrogen and oxygen atoms in total. The molecule has 0 aliphatic carbocycles. The molecular weight excluding hydrogens is 460 g/mol. The molecule has 0 spiro atoms. The van der Waals surface area contributed by atoms with E-state index >= 15 is 0 Å². The molecule has 1 aliphatic rings. The lowest BCUT2D eigenvalue weighted by atomic mass is 9.98. The van der Waals surface area contributed by atoms with Crippen molar-refractivity contribution in [3.05, 3.63) is 84.1 Å². The molecule has 2 amide bonds. The second-order valence-corrected chi connectivity index (χ2v) is 8.21. The van der Waals surface area contributed by atoms with E-state index in [1.807, 2.05) is 36.4 Å². The second kappa shape index (κ2) is 9.38. The highest BCUT2D eigenvalue weighted by Crippen LogP contribution is 2.32. The van der Waals surface area contributed by atoms with E-state index in [2.05, 4.69) is 15.3 Å². The van der Waals surface area contributed by atoms with Crippen molar-refractivity contribution in [2.24, 2.45) is 4.99 Å². The van der Waals surface area contributed by atoms with Gasteiger partial charge >= 0.3 is 5.97 Å². The van der Waals surface area contributed by atoms with Crippen LogP contribution in [0, 0.1) is 0 Å². The Morgan fingerprint density at radius 2 is 1.89 bits per heavy atom. The number of amides is 2. The number of benzene rings is 3. The zero-order valence-corrected chi connectivity index (χ0v) is 19.3. The third-order valence-electron chi connectivity index (χ3n) is 5.95. The Labute approximate surface area is 206 Å². The highest BCUT2D eigenvalue weighted by molar-refractivity contribution is 6.11. The minimum Gasteiger partial charge on any atom is -0.497 e. The van der Waals surface area contributed by atoms with Crippen molar-refractivity contribution in [3.63, 3.8) is 0 Å². The van der Waals surface area contributed by atoms with Gasteiger partial charge in [-0.25, -0.2) is 0 Å². The minimum absolute atomic E-state index is 0.234. The van der Waals surface area contributed by atoms with Crippen LogP contribution in [0.5, 0.6) is 5.75 Å². The van der Waals surface area contributed by atoms with E-state index in [1.54, 1.807) is 43.5 Å². The number of aromatic amines is 1. The summed E-state index contributed by atoms with van der Waals surface area (Å²) in [5, 5.41) is 12.9. The molecule has 2 heterocycles. The Bertz CT molecular complexity index is 1510. The summed E-state index contributed by atoms with van der Waals surface area (Å²) in [4.78, 5) is 46.6. The SMILES string of the molecule is COc1ccc2[nH]c(C(=O)NC3N=Cc4c(-c5ccccc5)cccc4N(CC(=O)O)C3=O)cc2c1. The van der Waals surface area contributed by atoms with Gasteiger partial charge in [0.1, 0.15) is 18.0 Å². The zero-order chi connectivity index (χ0) is 25.2. The first kappa shape index (κ1) is 22.9. The quantitative estimate of drug-likeness (QED) is 0.388. The summed E-state index contributed by atoms with van der Waals surface area (Å²) in [6, 6.07) is 21.8. The average Bonchev–Trinajstić information content (AvgIpc) is 3.28. The van der Waals surface area contributed by atoms with Gasteiger partial charge < -0.3 is 20.1 Å². The summed E-state index contributed by atoms with van der Waals surface area (Å²) in [7, 11) is 1.56. The number of benzodiazepines with no additional fused rings is 1. The number of hydrogen-bond acceptors (Lipinski definition) is 5. The van der Waals surface area contributed by atoms with Gasteiger partial charge in [-0.05, 0) is 41.5 Å². The largest absolute Gasteiger partial charge is 0.497 e. The van der Waals surface area contributed by atoms with E-state index in [1.165, 1.54) is 6.21 Å². The number of hydrogen-bond donors (Lipinski definition) is 3. The van der Waals surface area contributed by atoms with Crippen LogP contribution < -0.4 is 15.0 Å². The van der Waals surface area contributed by atoms with Crippen LogP contribution in [0.2, 0.25) is 0 Å². The lowest BCUT2D eigenvalue weighted by Crippen LogP contribution is -2.48. The maximum absolute atomic E-state index is 13.4. The minimum atomic E-state index is -1.31. The summed E-state index contributed by atoms with van der Waals surface area (Å²) >= 11 is 0. The molecular formula is C27H22N4O5. The number of ether oxygens (including phenoxy) is 1. The number of methoxy groups -OCH3 is 1. The van der Waals surface area contributed by atoms with Crippen molar-refractivity contribution in [2.75, 3.05) is 18.6 Å². The number of carboxylic acid groups (broad SMARTS) is 1. The number of anilines is 1. The van der Waals surface area contributed by atoms with Gasteiger partial charge in [0.2, 0.25) is 6.17 Å². The number of carbonyl (C=O) groups excluding carboxylic acids is 2. The maximum atomic E-state index is 13.4. The van der Waals surface area contributed by atoms with Crippen LogP contribution in [-0.4, -0.2) is 53.9 Å². The lowest BCUT2D eigenvalue weighted by Gasteiger charge is -2.24. The standard InChI is InChI=1S/C27H22N4O5/c1-36-18-10-11-21-17(12-18)13-22(29-21)26(34)30-25-27(35)31(15-24(32)33)23-9-5-8-19(20(23)14-28-25)16-6-3-2-4-7-16/h2-14,25,29H,15H2,1H3,(H,30,34)(H,32,33). The van der Waals surface area contributed by atoms with E-state index in [9.17, 15) is 19.5 Å². The summed E-state index contributed by atoms with van der Waals surface area (Å²) in [6.45, 7) is -0.577. The van der Waals surface area contributed by atoms with Crippen LogP contribution >= 0.6 is 0 Å². The first-order valence-electron chi connectivity index (χ1n) is 11.2. The molecule has 1 unspecified atom stereocenters. The van der Waals surface area contributed by atoms with Crippen LogP contribution in [0.25, 0.3) is 22.0 Å². The van der Waals surface area contributed by atoms with Gasteiger partial charge in [0, 0.05) is 22.7 Å². The van der Waals surface area contributed by atoms with Gasteiger partial charge in [0.25, 0.3) is 11.8 Å². The number of carbonyl (C=O) groups is 3. The third-order valence-corrected chi connectivity index (χ3v) is 5.95. The fraction of sp³-hybridized carbons (Fsp3) is 0.111. The van der Waals surface area contributed by atoms with Crippen LogP contribution in [-0.2, 0) is 9.59 Å². The molecule has 3 N–H and O–H groups in total. The highest BCUT2D eigenvalue weighted by Gasteiger charge is 2.32. The number of aromatic nitrogens is 1. The first-order chi connectivity index (χ1) is 17.4. The molecule has 36 heavy (non-hydrogen) atoms. The number of nitrogens with one attached hydrogen (secondary N) is 2. The summed E-state index contributed by atoms with van der Waals surface area (Å²) < 4.78 is 5.23. The third kappa shape index (κ3) is 4.29. The van der Waals surface area contributed by atoms with Crippen molar-refractivity contribution in [1.82, 2.24) is 10.3 Å². The molecule has 1 atom stereocenters.